The SMILES string of the molecule is COc1ccc(Br)c(CNc2ccc(-c3nc4ccc(C)cc4s3)cc2)c1OCc1ccccc1F. The second-order valence-electron chi connectivity index (χ2n) is 8.36. The molecule has 1 heterocycles. The van der Waals surface area contributed by atoms with Crippen molar-refractivity contribution in [3.63, 3.8) is 0 Å². The van der Waals surface area contributed by atoms with E-state index in [0.717, 1.165) is 31.8 Å². The smallest absolute Gasteiger partial charge is 0.167 e. The summed E-state index contributed by atoms with van der Waals surface area (Å²) < 4.78 is 27.8. The average molecular weight is 563 g/mol. The molecule has 0 amide bonds. The highest BCUT2D eigenvalue weighted by atomic mass is 79.9. The number of hydrogen-bond donors (Lipinski definition) is 1. The van der Waals surface area contributed by atoms with E-state index < -0.39 is 0 Å². The molecule has 1 N–H and O–H groups in total. The van der Waals surface area contributed by atoms with Crippen LogP contribution in [0.15, 0.2) is 83.3 Å². The first kappa shape index (κ1) is 24.3. The summed E-state index contributed by atoms with van der Waals surface area (Å²) in [5.74, 6) is 0.867. The number of nitrogens with one attached hydrogen (secondary N) is 1. The largest absolute Gasteiger partial charge is 0.493 e. The third-order valence-electron chi connectivity index (χ3n) is 5.86. The van der Waals surface area contributed by atoms with Crippen molar-refractivity contribution >= 4 is 43.2 Å². The Hall–Kier alpha value is -3.42. The Morgan fingerprint density at radius 3 is 2.58 bits per heavy atom. The van der Waals surface area contributed by atoms with Crippen LogP contribution in [-0.4, -0.2) is 12.1 Å². The number of anilines is 1. The van der Waals surface area contributed by atoms with Crippen molar-refractivity contribution in [1.82, 2.24) is 4.98 Å². The molecular weight excluding hydrogens is 539 g/mol. The zero-order valence-corrected chi connectivity index (χ0v) is 22.3. The Morgan fingerprint density at radius 2 is 1.81 bits per heavy atom. The molecule has 0 fully saturated rings. The Bertz CT molecular complexity index is 1520. The fourth-order valence-corrected chi connectivity index (χ4v) is 5.43. The molecule has 0 atom stereocenters. The van der Waals surface area contributed by atoms with E-state index >= 15 is 0 Å². The second-order valence-corrected chi connectivity index (χ2v) is 10.2. The highest BCUT2D eigenvalue weighted by molar-refractivity contribution is 9.10. The van der Waals surface area contributed by atoms with Gasteiger partial charge in [-0.05, 0) is 67.1 Å². The standard InChI is InChI=1S/C29H24BrFN2O2S/c1-18-7-13-25-27(15-18)36-29(33-25)19-8-10-21(11-9-19)32-16-22-23(30)12-14-26(34-2)28(22)35-17-20-5-3-4-6-24(20)31/h3-15,32H,16-17H2,1-2H3. The van der Waals surface area contributed by atoms with Gasteiger partial charge in [-0.15, -0.1) is 11.3 Å². The van der Waals surface area contributed by atoms with Crippen LogP contribution in [0.4, 0.5) is 10.1 Å². The van der Waals surface area contributed by atoms with Gasteiger partial charge in [-0.3, -0.25) is 0 Å². The molecule has 1 aromatic heterocycles. The van der Waals surface area contributed by atoms with Crippen molar-refractivity contribution < 1.29 is 13.9 Å². The summed E-state index contributed by atoms with van der Waals surface area (Å²) >= 11 is 5.33. The second kappa shape index (κ2) is 10.7. The van der Waals surface area contributed by atoms with Crippen molar-refractivity contribution in [3.8, 4) is 22.1 Å². The predicted molar refractivity (Wildman–Crippen MR) is 149 cm³/mol. The van der Waals surface area contributed by atoms with Crippen molar-refractivity contribution in [1.29, 1.82) is 0 Å². The molecule has 0 spiro atoms. The molecule has 36 heavy (non-hydrogen) atoms. The lowest BCUT2D eigenvalue weighted by Gasteiger charge is -2.18. The van der Waals surface area contributed by atoms with Gasteiger partial charge in [0, 0.05) is 33.4 Å². The third-order valence-corrected chi connectivity index (χ3v) is 7.67. The molecule has 0 aliphatic heterocycles. The number of methoxy groups -OCH3 is 1. The number of aromatic nitrogens is 1. The summed E-state index contributed by atoms with van der Waals surface area (Å²) in [7, 11) is 1.60. The van der Waals surface area contributed by atoms with Crippen molar-refractivity contribution in [3.05, 3.63) is 106 Å². The Morgan fingerprint density at radius 1 is 1.00 bits per heavy atom. The lowest BCUT2D eigenvalue weighted by atomic mass is 10.1. The topological polar surface area (TPSA) is 43.4 Å². The van der Waals surface area contributed by atoms with Crippen LogP contribution >= 0.6 is 27.3 Å². The molecule has 182 valence electrons. The molecule has 4 nitrogen and oxygen atoms in total. The molecule has 0 saturated heterocycles. The number of fused-ring (bicyclic) bond motifs is 1. The predicted octanol–water partition coefficient (Wildman–Crippen LogP) is 8.37. The van der Waals surface area contributed by atoms with Gasteiger partial charge in [-0.2, -0.15) is 0 Å². The van der Waals surface area contributed by atoms with Crippen molar-refractivity contribution in [2.75, 3.05) is 12.4 Å². The number of aryl methyl sites for hydroxylation is 1. The Balaban J connectivity index is 1.33. The molecule has 0 radical (unpaired) electrons. The molecule has 0 unspecified atom stereocenters. The lowest BCUT2D eigenvalue weighted by molar-refractivity contribution is 0.276. The van der Waals surface area contributed by atoms with E-state index in [1.165, 1.54) is 16.3 Å². The van der Waals surface area contributed by atoms with Gasteiger partial charge in [-0.1, -0.05) is 40.2 Å². The minimum atomic E-state index is -0.297. The van der Waals surface area contributed by atoms with Crippen LogP contribution in [0, 0.1) is 12.7 Å². The van der Waals surface area contributed by atoms with E-state index in [1.807, 2.05) is 24.3 Å². The van der Waals surface area contributed by atoms with Crippen LogP contribution < -0.4 is 14.8 Å². The number of benzene rings is 4. The van der Waals surface area contributed by atoms with Gasteiger partial charge in [0.1, 0.15) is 17.4 Å². The summed E-state index contributed by atoms with van der Waals surface area (Å²) in [6, 6.07) is 24.9. The first-order valence-electron chi connectivity index (χ1n) is 11.4. The van der Waals surface area contributed by atoms with Gasteiger partial charge in [0.2, 0.25) is 0 Å². The number of hydrogen-bond acceptors (Lipinski definition) is 5. The quantitative estimate of drug-likeness (QED) is 0.206. The molecule has 0 bridgehead atoms. The van der Waals surface area contributed by atoms with Gasteiger partial charge in [-0.25, -0.2) is 9.37 Å². The van der Waals surface area contributed by atoms with E-state index in [4.69, 9.17) is 14.5 Å². The Kier molecular flexibility index (Phi) is 7.20. The Labute approximate surface area is 221 Å². The maximum atomic E-state index is 14.1. The highest BCUT2D eigenvalue weighted by Gasteiger charge is 2.16. The summed E-state index contributed by atoms with van der Waals surface area (Å²) in [6.07, 6.45) is 0. The molecule has 4 aromatic carbocycles. The monoisotopic (exact) mass is 562 g/mol. The molecule has 7 heteroatoms. The van der Waals surface area contributed by atoms with E-state index in [9.17, 15) is 4.39 Å². The van der Waals surface area contributed by atoms with Crippen LogP contribution in [0.25, 0.3) is 20.8 Å². The number of halogens is 2. The molecule has 5 aromatic rings. The summed E-state index contributed by atoms with van der Waals surface area (Å²) in [5, 5.41) is 4.46. The van der Waals surface area contributed by atoms with Gasteiger partial charge in [0.05, 0.1) is 17.3 Å². The van der Waals surface area contributed by atoms with Crippen LogP contribution in [0.3, 0.4) is 0 Å². The van der Waals surface area contributed by atoms with Crippen LogP contribution in [0.5, 0.6) is 11.5 Å². The van der Waals surface area contributed by atoms with Gasteiger partial charge >= 0.3 is 0 Å². The van der Waals surface area contributed by atoms with E-state index in [2.05, 4.69) is 58.5 Å². The lowest BCUT2D eigenvalue weighted by Crippen LogP contribution is -2.07. The summed E-state index contributed by atoms with van der Waals surface area (Å²) in [4.78, 5) is 4.78. The zero-order valence-electron chi connectivity index (χ0n) is 19.8. The molecule has 5 rings (SSSR count). The van der Waals surface area contributed by atoms with Gasteiger partial charge in [0.25, 0.3) is 0 Å². The summed E-state index contributed by atoms with van der Waals surface area (Å²) in [5.41, 5.74) is 5.67. The van der Waals surface area contributed by atoms with E-state index in [0.29, 0.717) is 23.6 Å². The highest BCUT2D eigenvalue weighted by Crippen LogP contribution is 2.38. The summed E-state index contributed by atoms with van der Waals surface area (Å²) in [6.45, 7) is 2.68. The van der Waals surface area contributed by atoms with E-state index in [1.54, 1.807) is 36.6 Å². The van der Waals surface area contributed by atoms with Gasteiger partial charge in [0.15, 0.2) is 11.5 Å². The maximum absolute atomic E-state index is 14.1. The first-order chi connectivity index (χ1) is 17.5. The zero-order chi connectivity index (χ0) is 25.1. The molecule has 0 aliphatic carbocycles. The normalized spacial score (nSPS) is 11.0. The third kappa shape index (κ3) is 5.22. The van der Waals surface area contributed by atoms with Gasteiger partial charge < -0.3 is 14.8 Å². The van der Waals surface area contributed by atoms with Crippen molar-refractivity contribution in [2.24, 2.45) is 0 Å². The number of nitrogens with zero attached hydrogens (tertiary/aromatic N) is 1. The number of thiazole rings is 1. The van der Waals surface area contributed by atoms with E-state index in [-0.39, 0.29) is 12.4 Å². The number of ether oxygens (including phenoxy) is 2. The number of rotatable bonds is 8. The fraction of sp³-hybridized carbons (Fsp3) is 0.138. The van der Waals surface area contributed by atoms with Crippen molar-refractivity contribution in [2.45, 2.75) is 20.1 Å². The first-order valence-corrected chi connectivity index (χ1v) is 13.1. The molecular formula is C29H24BrFN2O2S. The minimum absolute atomic E-state index is 0.100. The average Bonchev–Trinajstić information content (AvgIpc) is 3.31. The molecule has 0 aliphatic rings. The molecule has 0 saturated carbocycles. The van der Waals surface area contributed by atoms with Crippen LogP contribution in [-0.2, 0) is 13.2 Å². The van der Waals surface area contributed by atoms with Crippen LogP contribution in [0.1, 0.15) is 16.7 Å². The maximum Gasteiger partial charge on any atom is 0.167 e. The fourth-order valence-electron chi connectivity index (χ4n) is 3.91. The minimum Gasteiger partial charge on any atom is -0.493 e. The van der Waals surface area contributed by atoms with Crippen LogP contribution in [0.2, 0.25) is 0 Å².